The second-order valence-corrected chi connectivity index (χ2v) is 6.77. The number of likely N-dealkylation sites (tertiary alicyclic amines) is 1. The second-order valence-electron chi connectivity index (χ2n) is 6.33. The molecule has 2 saturated heterocycles. The van der Waals surface area contributed by atoms with Crippen molar-refractivity contribution in [3.05, 3.63) is 34.9 Å². The minimum Gasteiger partial charge on any atom is -0.375 e. The van der Waals surface area contributed by atoms with E-state index in [1.165, 1.54) is 7.11 Å². The first-order valence-corrected chi connectivity index (χ1v) is 8.47. The molecule has 2 aliphatic heterocycles. The van der Waals surface area contributed by atoms with Crippen molar-refractivity contribution in [1.82, 2.24) is 15.1 Å². The van der Waals surface area contributed by atoms with Gasteiger partial charge in [-0.25, -0.2) is 0 Å². The van der Waals surface area contributed by atoms with E-state index in [9.17, 15) is 9.59 Å². The Hall–Kier alpha value is -1.63. The summed E-state index contributed by atoms with van der Waals surface area (Å²) in [4.78, 5) is 28.4. The van der Waals surface area contributed by atoms with Gasteiger partial charge in [0.15, 0.2) is 0 Å². The number of nitrogens with zero attached hydrogens (tertiary/aromatic N) is 2. The second kappa shape index (κ2) is 7.09. The van der Waals surface area contributed by atoms with Crippen molar-refractivity contribution in [2.45, 2.75) is 24.9 Å². The van der Waals surface area contributed by atoms with E-state index in [4.69, 9.17) is 16.3 Å². The average molecular weight is 352 g/mol. The number of hydrogen-bond donors (Lipinski definition) is 1. The zero-order valence-corrected chi connectivity index (χ0v) is 14.5. The van der Waals surface area contributed by atoms with Gasteiger partial charge in [-0.1, -0.05) is 23.7 Å². The summed E-state index contributed by atoms with van der Waals surface area (Å²) in [5, 5.41) is 3.67. The van der Waals surface area contributed by atoms with Crippen LogP contribution in [0.25, 0.3) is 0 Å². The van der Waals surface area contributed by atoms with E-state index in [-0.39, 0.29) is 18.4 Å². The Morgan fingerprint density at radius 3 is 2.58 bits per heavy atom. The summed E-state index contributed by atoms with van der Waals surface area (Å²) in [5.74, 6) is 0.0466. The standard InChI is InChI=1S/C17H22ClN3O3/c1-24-11-15(22)20-8-6-17(7-9-20)16(23)19-12-21(17)10-13-2-4-14(18)5-3-13/h2-5H,6-12H2,1H3,(H,19,23). The Balaban J connectivity index is 1.69. The van der Waals surface area contributed by atoms with Crippen molar-refractivity contribution < 1.29 is 14.3 Å². The van der Waals surface area contributed by atoms with E-state index in [2.05, 4.69) is 10.2 Å². The first-order chi connectivity index (χ1) is 11.5. The van der Waals surface area contributed by atoms with Gasteiger partial charge < -0.3 is 15.0 Å². The molecular formula is C17H22ClN3O3. The van der Waals surface area contributed by atoms with Gasteiger partial charge in [-0.2, -0.15) is 0 Å². The fourth-order valence-corrected chi connectivity index (χ4v) is 3.65. The molecule has 1 spiro atoms. The minimum atomic E-state index is -0.524. The van der Waals surface area contributed by atoms with Gasteiger partial charge in [0.05, 0.1) is 6.67 Å². The number of hydrogen-bond acceptors (Lipinski definition) is 4. The van der Waals surface area contributed by atoms with Gasteiger partial charge >= 0.3 is 0 Å². The summed E-state index contributed by atoms with van der Waals surface area (Å²) in [6.07, 6.45) is 1.28. The molecule has 0 saturated carbocycles. The molecule has 2 fully saturated rings. The van der Waals surface area contributed by atoms with Crippen LogP contribution in [0.15, 0.2) is 24.3 Å². The predicted octanol–water partition coefficient (Wildman–Crippen LogP) is 1.24. The molecule has 7 heteroatoms. The Morgan fingerprint density at radius 1 is 1.29 bits per heavy atom. The zero-order chi connectivity index (χ0) is 17.2. The van der Waals surface area contributed by atoms with Crippen LogP contribution in [-0.2, 0) is 20.9 Å². The maximum absolute atomic E-state index is 12.5. The number of carbonyl (C=O) groups is 2. The van der Waals surface area contributed by atoms with E-state index in [1.807, 2.05) is 24.3 Å². The van der Waals surface area contributed by atoms with Crippen molar-refractivity contribution in [3.63, 3.8) is 0 Å². The van der Waals surface area contributed by atoms with Crippen LogP contribution in [0.4, 0.5) is 0 Å². The number of carbonyl (C=O) groups excluding carboxylic acids is 2. The van der Waals surface area contributed by atoms with Gasteiger partial charge in [0.1, 0.15) is 12.1 Å². The molecule has 1 N–H and O–H groups in total. The lowest BCUT2D eigenvalue weighted by Crippen LogP contribution is -2.57. The summed E-state index contributed by atoms with van der Waals surface area (Å²) in [5.41, 5.74) is 0.594. The predicted molar refractivity (Wildman–Crippen MR) is 90.4 cm³/mol. The molecular weight excluding hydrogens is 330 g/mol. The van der Waals surface area contributed by atoms with Crippen LogP contribution in [-0.4, -0.2) is 60.6 Å². The number of halogens is 1. The van der Waals surface area contributed by atoms with Gasteiger partial charge in [0.2, 0.25) is 11.8 Å². The van der Waals surface area contributed by atoms with Crippen molar-refractivity contribution in [3.8, 4) is 0 Å². The van der Waals surface area contributed by atoms with Crippen LogP contribution in [0, 0.1) is 0 Å². The van der Waals surface area contributed by atoms with Crippen LogP contribution in [0.2, 0.25) is 5.02 Å². The van der Waals surface area contributed by atoms with Crippen molar-refractivity contribution in [2.75, 3.05) is 33.5 Å². The fraction of sp³-hybridized carbons (Fsp3) is 0.529. The molecule has 0 bridgehead atoms. The van der Waals surface area contributed by atoms with Gasteiger partial charge in [-0.3, -0.25) is 14.5 Å². The maximum atomic E-state index is 12.5. The molecule has 2 aliphatic rings. The molecule has 2 heterocycles. The molecule has 2 amide bonds. The Morgan fingerprint density at radius 2 is 1.96 bits per heavy atom. The number of piperidine rings is 1. The number of amides is 2. The van der Waals surface area contributed by atoms with E-state index in [1.54, 1.807) is 4.90 Å². The molecule has 0 unspecified atom stereocenters. The summed E-state index contributed by atoms with van der Waals surface area (Å²) < 4.78 is 4.91. The average Bonchev–Trinajstić information content (AvgIpc) is 2.87. The molecule has 3 rings (SSSR count). The molecule has 0 radical (unpaired) electrons. The lowest BCUT2D eigenvalue weighted by Gasteiger charge is -2.42. The van der Waals surface area contributed by atoms with Gasteiger partial charge in [-0.05, 0) is 30.5 Å². The van der Waals surface area contributed by atoms with Crippen LogP contribution in [0.3, 0.4) is 0 Å². The van der Waals surface area contributed by atoms with Crippen molar-refractivity contribution in [1.29, 1.82) is 0 Å². The largest absolute Gasteiger partial charge is 0.375 e. The monoisotopic (exact) mass is 351 g/mol. The number of nitrogens with one attached hydrogen (secondary N) is 1. The van der Waals surface area contributed by atoms with Gasteiger partial charge in [0, 0.05) is 31.8 Å². The summed E-state index contributed by atoms with van der Waals surface area (Å²) in [6.45, 7) is 2.46. The highest BCUT2D eigenvalue weighted by Crippen LogP contribution is 2.33. The van der Waals surface area contributed by atoms with Crippen molar-refractivity contribution in [2.24, 2.45) is 0 Å². The number of benzene rings is 1. The first-order valence-electron chi connectivity index (χ1n) is 8.10. The number of methoxy groups -OCH3 is 1. The Kier molecular flexibility index (Phi) is 5.08. The van der Waals surface area contributed by atoms with E-state index >= 15 is 0 Å². The highest BCUT2D eigenvalue weighted by atomic mass is 35.5. The molecule has 1 aromatic carbocycles. The molecule has 24 heavy (non-hydrogen) atoms. The molecule has 0 aromatic heterocycles. The third kappa shape index (κ3) is 3.27. The quantitative estimate of drug-likeness (QED) is 0.886. The number of rotatable bonds is 4. The third-order valence-electron chi connectivity index (χ3n) is 4.96. The molecule has 6 nitrogen and oxygen atoms in total. The topological polar surface area (TPSA) is 61.9 Å². The van der Waals surface area contributed by atoms with Gasteiger partial charge in [-0.15, -0.1) is 0 Å². The maximum Gasteiger partial charge on any atom is 0.248 e. The lowest BCUT2D eigenvalue weighted by molar-refractivity contribution is -0.141. The molecule has 130 valence electrons. The Labute approximate surface area is 146 Å². The highest BCUT2D eigenvalue weighted by Gasteiger charge is 2.50. The van der Waals surface area contributed by atoms with Crippen LogP contribution < -0.4 is 5.32 Å². The minimum absolute atomic E-state index is 0.0185. The van der Waals surface area contributed by atoms with Crippen molar-refractivity contribution >= 4 is 23.4 Å². The van der Waals surface area contributed by atoms with E-state index in [0.717, 1.165) is 5.56 Å². The Bertz CT molecular complexity index is 612. The summed E-state index contributed by atoms with van der Waals surface area (Å²) in [7, 11) is 1.52. The third-order valence-corrected chi connectivity index (χ3v) is 5.21. The van der Waals surface area contributed by atoms with E-state index < -0.39 is 5.54 Å². The normalized spacial score (nSPS) is 20.4. The molecule has 1 aromatic rings. The smallest absolute Gasteiger partial charge is 0.248 e. The van der Waals surface area contributed by atoms with Gasteiger partial charge in [0.25, 0.3) is 0 Å². The molecule has 0 atom stereocenters. The number of ether oxygens (including phenoxy) is 1. The zero-order valence-electron chi connectivity index (χ0n) is 13.8. The van der Waals surface area contributed by atoms with Crippen LogP contribution in [0.1, 0.15) is 18.4 Å². The summed E-state index contributed by atoms with van der Waals surface area (Å²) >= 11 is 5.94. The van der Waals surface area contributed by atoms with E-state index in [0.29, 0.717) is 44.2 Å². The summed E-state index contributed by atoms with van der Waals surface area (Å²) in [6, 6.07) is 7.69. The molecule has 0 aliphatic carbocycles. The lowest BCUT2D eigenvalue weighted by atomic mass is 9.85. The van der Waals surface area contributed by atoms with Crippen LogP contribution >= 0.6 is 11.6 Å². The fourth-order valence-electron chi connectivity index (χ4n) is 3.53. The SMILES string of the molecule is COCC(=O)N1CCC2(CC1)C(=O)NCN2Cc1ccc(Cl)cc1. The highest BCUT2D eigenvalue weighted by molar-refractivity contribution is 6.30. The van der Waals surface area contributed by atoms with Crippen LogP contribution in [0.5, 0.6) is 0 Å². The first kappa shape index (κ1) is 17.2.